The van der Waals surface area contributed by atoms with Crippen molar-refractivity contribution in [2.24, 2.45) is 10.9 Å². The lowest BCUT2D eigenvalue weighted by Crippen LogP contribution is -2.19. The number of hydrogen-bond donors (Lipinski definition) is 1. The van der Waals surface area contributed by atoms with Gasteiger partial charge in [0.05, 0.1) is 0 Å². The molecule has 29 heavy (non-hydrogen) atoms. The molecule has 1 aliphatic heterocycles. The standard InChI is InChI=1S/C25H28FN3/c1-15-9-21-22(14-28-25(21)27-13-15)18-11-20-19(17-7-5-3-4-6-8-17)10-16(2)29-24(20)23(26)12-18/h9,11-14,17,19H,3-8,10H2,1-2H3,(H,27,28). The van der Waals surface area contributed by atoms with Crippen LogP contribution in [0, 0.1) is 18.7 Å². The van der Waals surface area contributed by atoms with Gasteiger partial charge in [-0.25, -0.2) is 9.37 Å². The van der Waals surface area contributed by atoms with Crippen LogP contribution in [-0.4, -0.2) is 15.7 Å². The van der Waals surface area contributed by atoms with Crippen molar-refractivity contribution in [2.45, 2.75) is 64.7 Å². The summed E-state index contributed by atoms with van der Waals surface area (Å²) < 4.78 is 15.3. The largest absolute Gasteiger partial charge is 0.346 e. The minimum Gasteiger partial charge on any atom is -0.346 e. The highest BCUT2D eigenvalue weighted by atomic mass is 19.1. The minimum absolute atomic E-state index is 0.204. The highest BCUT2D eigenvalue weighted by Crippen LogP contribution is 2.46. The number of aromatic amines is 1. The van der Waals surface area contributed by atoms with Gasteiger partial charge in [-0.05, 0) is 79.8 Å². The molecule has 1 fully saturated rings. The maximum atomic E-state index is 15.3. The van der Waals surface area contributed by atoms with Crippen molar-refractivity contribution in [3.8, 4) is 11.1 Å². The molecular weight excluding hydrogens is 361 g/mol. The normalized spacial score (nSPS) is 20.4. The number of benzene rings is 1. The number of pyridine rings is 1. The summed E-state index contributed by atoms with van der Waals surface area (Å²) in [6.45, 7) is 4.09. The first-order valence-corrected chi connectivity index (χ1v) is 10.9. The second-order valence-electron chi connectivity index (χ2n) is 8.92. The summed E-state index contributed by atoms with van der Waals surface area (Å²) in [7, 11) is 0. The van der Waals surface area contributed by atoms with E-state index < -0.39 is 0 Å². The highest BCUT2D eigenvalue weighted by Gasteiger charge is 2.31. The zero-order valence-corrected chi connectivity index (χ0v) is 17.3. The molecule has 3 aromatic rings. The Kier molecular flexibility index (Phi) is 4.73. The summed E-state index contributed by atoms with van der Waals surface area (Å²) >= 11 is 0. The molecule has 1 saturated carbocycles. The Balaban J connectivity index is 1.64. The average molecular weight is 390 g/mol. The number of nitrogens with one attached hydrogen (secondary N) is 1. The van der Waals surface area contributed by atoms with E-state index in [1.807, 2.05) is 26.2 Å². The van der Waals surface area contributed by atoms with Gasteiger partial charge in [-0.3, -0.25) is 4.99 Å². The first-order valence-electron chi connectivity index (χ1n) is 10.9. The number of nitrogens with zero attached hydrogens (tertiary/aromatic N) is 2. The van der Waals surface area contributed by atoms with Crippen molar-refractivity contribution in [2.75, 3.05) is 0 Å². The molecule has 3 nitrogen and oxygen atoms in total. The lowest BCUT2D eigenvalue weighted by atomic mass is 9.76. The molecule has 5 rings (SSSR count). The lowest BCUT2D eigenvalue weighted by molar-refractivity contribution is 0.379. The number of rotatable bonds is 2. The molecule has 0 spiro atoms. The molecule has 4 heteroatoms. The second-order valence-corrected chi connectivity index (χ2v) is 8.92. The van der Waals surface area contributed by atoms with Crippen LogP contribution in [0.3, 0.4) is 0 Å². The quantitative estimate of drug-likeness (QED) is 0.462. The smallest absolute Gasteiger partial charge is 0.149 e. The number of aromatic nitrogens is 2. The van der Waals surface area contributed by atoms with Crippen LogP contribution >= 0.6 is 0 Å². The predicted molar refractivity (Wildman–Crippen MR) is 118 cm³/mol. The first kappa shape index (κ1) is 18.5. The zero-order valence-electron chi connectivity index (χ0n) is 17.3. The zero-order chi connectivity index (χ0) is 20.0. The van der Waals surface area contributed by atoms with E-state index in [4.69, 9.17) is 0 Å². The monoisotopic (exact) mass is 389 g/mol. The van der Waals surface area contributed by atoms with Crippen LogP contribution in [0.4, 0.5) is 10.1 Å². The van der Waals surface area contributed by atoms with Crippen molar-refractivity contribution in [3.63, 3.8) is 0 Å². The summed E-state index contributed by atoms with van der Waals surface area (Å²) in [6, 6.07) is 5.97. The fourth-order valence-corrected chi connectivity index (χ4v) is 5.32. The number of fused-ring (bicyclic) bond motifs is 2. The van der Waals surface area contributed by atoms with Crippen LogP contribution in [0.5, 0.6) is 0 Å². The summed E-state index contributed by atoms with van der Waals surface area (Å²) in [5.74, 6) is 0.800. The first-order chi connectivity index (χ1) is 14.1. The van der Waals surface area contributed by atoms with Crippen LogP contribution in [0.15, 0.2) is 35.6 Å². The van der Waals surface area contributed by atoms with Crippen LogP contribution < -0.4 is 0 Å². The van der Waals surface area contributed by atoms with Gasteiger partial charge in [0.15, 0.2) is 0 Å². The van der Waals surface area contributed by atoms with E-state index in [2.05, 4.69) is 27.1 Å². The van der Waals surface area contributed by atoms with Crippen molar-refractivity contribution in [3.05, 3.63) is 47.5 Å². The van der Waals surface area contributed by atoms with Crippen molar-refractivity contribution in [1.29, 1.82) is 0 Å². The van der Waals surface area contributed by atoms with Crippen LogP contribution in [0.2, 0.25) is 0 Å². The Hall–Kier alpha value is -2.49. The van der Waals surface area contributed by atoms with Gasteiger partial charge in [0.1, 0.15) is 17.2 Å². The highest BCUT2D eigenvalue weighted by molar-refractivity contribution is 5.95. The molecule has 2 aliphatic rings. The maximum Gasteiger partial charge on any atom is 0.149 e. The van der Waals surface area contributed by atoms with E-state index in [1.165, 1.54) is 38.5 Å². The SMILES string of the molecule is CC1=Nc2c(F)cc(-c3c[nH]c4ncc(C)cc34)cc2C(C2CCCCCC2)C1. The lowest BCUT2D eigenvalue weighted by Gasteiger charge is -2.31. The fourth-order valence-electron chi connectivity index (χ4n) is 5.32. The number of aryl methyl sites for hydroxylation is 1. The number of hydrogen-bond acceptors (Lipinski definition) is 2. The van der Waals surface area contributed by atoms with E-state index in [1.54, 1.807) is 6.07 Å². The minimum atomic E-state index is -0.204. The molecular formula is C25H28FN3. The molecule has 2 aromatic heterocycles. The van der Waals surface area contributed by atoms with Gasteiger partial charge >= 0.3 is 0 Å². The molecule has 0 amide bonds. The molecule has 1 N–H and O–H groups in total. The van der Waals surface area contributed by atoms with E-state index in [-0.39, 0.29) is 5.82 Å². The average Bonchev–Trinajstić information content (AvgIpc) is 2.93. The summed E-state index contributed by atoms with van der Waals surface area (Å²) in [5.41, 5.74) is 6.63. The van der Waals surface area contributed by atoms with Crippen LogP contribution in [-0.2, 0) is 0 Å². The molecule has 0 saturated heterocycles. The van der Waals surface area contributed by atoms with E-state index in [0.29, 0.717) is 17.5 Å². The second kappa shape index (κ2) is 7.40. The topological polar surface area (TPSA) is 41.0 Å². The van der Waals surface area contributed by atoms with Crippen molar-refractivity contribution < 1.29 is 4.39 Å². The molecule has 0 bridgehead atoms. The van der Waals surface area contributed by atoms with Crippen molar-refractivity contribution >= 4 is 22.4 Å². The van der Waals surface area contributed by atoms with Gasteiger partial charge in [-0.1, -0.05) is 25.7 Å². The number of aliphatic imine (C=N–C) groups is 1. The van der Waals surface area contributed by atoms with E-state index in [9.17, 15) is 0 Å². The van der Waals surface area contributed by atoms with Crippen LogP contribution in [0.25, 0.3) is 22.2 Å². The van der Waals surface area contributed by atoms with Gasteiger partial charge in [0, 0.05) is 29.1 Å². The molecule has 1 unspecified atom stereocenters. The third-order valence-electron chi connectivity index (χ3n) is 6.76. The summed E-state index contributed by atoms with van der Waals surface area (Å²) in [6.07, 6.45) is 12.5. The van der Waals surface area contributed by atoms with E-state index in [0.717, 1.165) is 45.4 Å². The van der Waals surface area contributed by atoms with Gasteiger partial charge < -0.3 is 4.98 Å². The van der Waals surface area contributed by atoms with Gasteiger partial charge in [0.2, 0.25) is 0 Å². The Bertz CT molecular complexity index is 1090. The summed E-state index contributed by atoms with van der Waals surface area (Å²) in [5, 5.41) is 1.05. The Labute approximate surface area is 171 Å². The Morgan fingerprint density at radius 1 is 1.03 bits per heavy atom. The van der Waals surface area contributed by atoms with Gasteiger partial charge in [-0.2, -0.15) is 0 Å². The predicted octanol–water partition coefficient (Wildman–Crippen LogP) is 7.23. The number of H-pyrrole nitrogens is 1. The molecule has 1 atom stereocenters. The third-order valence-corrected chi connectivity index (χ3v) is 6.76. The summed E-state index contributed by atoms with van der Waals surface area (Å²) in [4.78, 5) is 12.4. The molecule has 1 aliphatic carbocycles. The van der Waals surface area contributed by atoms with Crippen LogP contribution in [0.1, 0.15) is 68.9 Å². The Morgan fingerprint density at radius 3 is 2.62 bits per heavy atom. The molecule has 0 radical (unpaired) electrons. The number of halogens is 1. The van der Waals surface area contributed by atoms with Gasteiger partial charge in [-0.15, -0.1) is 0 Å². The third kappa shape index (κ3) is 3.39. The van der Waals surface area contributed by atoms with E-state index >= 15 is 4.39 Å². The fraction of sp³-hybridized carbons (Fsp3) is 0.440. The Morgan fingerprint density at radius 2 is 1.83 bits per heavy atom. The van der Waals surface area contributed by atoms with Crippen molar-refractivity contribution in [1.82, 2.24) is 9.97 Å². The molecule has 3 heterocycles. The molecule has 150 valence electrons. The maximum absolute atomic E-state index is 15.3. The molecule has 1 aromatic carbocycles. The van der Waals surface area contributed by atoms with Gasteiger partial charge in [0.25, 0.3) is 0 Å².